The number of hydrogen-bond donors (Lipinski definition) is 2. The number of carboxylic acids is 1. The lowest BCUT2D eigenvalue weighted by molar-refractivity contribution is -0.138. The lowest BCUT2D eigenvalue weighted by atomic mass is 10.1. The van der Waals surface area contributed by atoms with E-state index in [1.54, 1.807) is 6.92 Å². The zero-order valence-corrected chi connectivity index (χ0v) is 22.6. The number of carbonyl (C=O) groups excluding carboxylic acids is 3. The summed E-state index contributed by atoms with van der Waals surface area (Å²) in [5.41, 5.74) is 0.716. The third kappa shape index (κ3) is 7.67. The van der Waals surface area contributed by atoms with E-state index in [0.717, 1.165) is 25.7 Å². The van der Waals surface area contributed by atoms with Crippen LogP contribution in [0.4, 0.5) is 4.79 Å². The summed E-state index contributed by atoms with van der Waals surface area (Å²) in [4.78, 5) is 62.1. The molecule has 0 radical (unpaired) electrons. The van der Waals surface area contributed by atoms with Crippen LogP contribution in [0.3, 0.4) is 0 Å². The van der Waals surface area contributed by atoms with Crippen LogP contribution >= 0.6 is 0 Å². The third-order valence-electron chi connectivity index (χ3n) is 6.92. The molecule has 12 heteroatoms. The summed E-state index contributed by atoms with van der Waals surface area (Å²) in [6.45, 7) is 3.00. The maximum Gasteiger partial charge on any atom is 0.409 e. The summed E-state index contributed by atoms with van der Waals surface area (Å²) in [6, 6.07) is 9.55. The van der Waals surface area contributed by atoms with Gasteiger partial charge < -0.3 is 29.7 Å². The fourth-order valence-electron chi connectivity index (χ4n) is 4.80. The Balaban J connectivity index is 1.52. The molecule has 2 fully saturated rings. The van der Waals surface area contributed by atoms with E-state index in [0.29, 0.717) is 11.4 Å². The van der Waals surface area contributed by atoms with Crippen LogP contribution in [-0.4, -0.2) is 93.7 Å². The third-order valence-corrected chi connectivity index (χ3v) is 6.92. The highest BCUT2D eigenvalue weighted by Crippen LogP contribution is 2.25. The number of ether oxygens (including phenoxy) is 2. The number of amides is 3. The van der Waals surface area contributed by atoms with Crippen LogP contribution in [-0.2, 0) is 14.3 Å². The van der Waals surface area contributed by atoms with Gasteiger partial charge in [-0.25, -0.2) is 9.78 Å². The molecule has 0 spiro atoms. The van der Waals surface area contributed by atoms with Crippen LogP contribution in [0.1, 0.15) is 55.9 Å². The molecule has 2 heterocycles. The molecule has 4 rings (SSSR count). The molecular formula is C28H35N5O7. The van der Waals surface area contributed by atoms with Gasteiger partial charge in [0.2, 0.25) is 11.8 Å². The number of benzene rings is 1. The molecule has 1 aromatic carbocycles. The zero-order chi connectivity index (χ0) is 28.5. The Morgan fingerprint density at radius 1 is 1.02 bits per heavy atom. The first kappa shape index (κ1) is 28.8. The molecule has 1 atom stereocenters. The molecular weight excluding hydrogens is 518 g/mol. The minimum Gasteiger partial charge on any atom is -0.481 e. The number of nitrogens with one attached hydrogen (secondary N) is 1. The molecule has 1 aliphatic carbocycles. The number of piperazine rings is 1. The largest absolute Gasteiger partial charge is 0.481 e. The average molecular weight is 554 g/mol. The highest BCUT2D eigenvalue weighted by Gasteiger charge is 2.31. The van der Waals surface area contributed by atoms with Gasteiger partial charge in [0, 0.05) is 44.2 Å². The molecule has 3 amide bonds. The second kappa shape index (κ2) is 13.7. The van der Waals surface area contributed by atoms with E-state index in [2.05, 4.69) is 15.3 Å². The highest BCUT2D eigenvalue weighted by molar-refractivity contribution is 5.96. The van der Waals surface area contributed by atoms with Gasteiger partial charge >= 0.3 is 12.1 Å². The van der Waals surface area contributed by atoms with Crippen molar-refractivity contribution in [2.45, 2.75) is 57.6 Å². The lowest BCUT2D eigenvalue weighted by Crippen LogP contribution is -2.56. The van der Waals surface area contributed by atoms with Crippen LogP contribution in [0, 0.1) is 0 Å². The van der Waals surface area contributed by atoms with Gasteiger partial charge in [-0.2, -0.15) is 4.98 Å². The summed E-state index contributed by atoms with van der Waals surface area (Å²) in [7, 11) is 0. The first-order chi connectivity index (χ1) is 19.3. The van der Waals surface area contributed by atoms with Gasteiger partial charge in [-0.05, 0) is 39.0 Å². The topological polar surface area (TPSA) is 151 Å². The van der Waals surface area contributed by atoms with Crippen molar-refractivity contribution >= 4 is 23.9 Å². The van der Waals surface area contributed by atoms with Crippen molar-refractivity contribution in [2.75, 3.05) is 32.8 Å². The van der Waals surface area contributed by atoms with Crippen LogP contribution in [0.5, 0.6) is 5.88 Å². The smallest absolute Gasteiger partial charge is 0.409 e. The molecule has 40 heavy (non-hydrogen) atoms. The van der Waals surface area contributed by atoms with Crippen molar-refractivity contribution in [3.8, 4) is 17.3 Å². The number of carboxylic acid groups (broad SMARTS) is 1. The zero-order valence-electron chi connectivity index (χ0n) is 22.6. The molecule has 2 aliphatic rings. The Labute approximate surface area is 232 Å². The molecule has 0 bridgehead atoms. The van der Waals surface area contributed by atoms with Gasteiger partial charge in [0.1, 0.15) is 17.8 Å². The fourth-order valence-corrected chi connectivity index (χ4v) is 4.80. The number of carbonyl (C=O) groups is 4. The predicted molar refractivity (Wildman–Crippen MR) is 144 cm³/mol. The van der Waals surface area contributed by atoms with Crippen molar-refractivity contribution in [1.29, 1.82) is 0 Å². The van der Waals surface area contributed by atoms with Crippen molar-refractivity contribution in [3.05, 3.63) is 42.1 Å². The van der Waals surface area contributed by atoms with Gasteiger partial charge in [-0.3, -0.25) is 14.4 Å². The maximum absolute atomic E-state index is 13.4. The monoisotopic (exact) mass is 553 g/mol. The Kier molecular flexibility index (Phi) is 9.87. The molecule has 2 aromatic rings. The van der Waals surface area contributed by atoms with E-state index >= 15 is 0 Å². The van der Waals surface area contributed by atoms with E-state index in [1.807, 2.05) is 30.3 Å². The van der Waals surface area contributed by atoms with Crippen molar-refractivity contribution in [1.82, 2.24) is 25.1 Å². The molecule has 1 saturated carbocycles. The first-order valence-electron chi connectivity index (χ1n) is 13.7. The van der Waals surface area contributed by atoms with Crippen molar-refractivity contribution in [2.24, 2.45) is 0 Å². The predicted octanol–water partition coefficient (Wildman–Crippen LogP) is 2.73. The van der Waals surface area contributed by atoms with E-state index in [4.69, 9.17) is 9.47 Å². The highest BCUT2D eigenvalue weighted by atomic mass is 16.6. The van der Waals surface area contributed by atoms with Gasteiger partial charge in [0.15, 0.2) is 5.82 Å². The Bertz CT molecular complexity index is 1190. The number of aliphatic carboxylic acids is 1. The number of hydrogen-bond acceptors (Lipinski definition) is 8. The summed E-state index contributed by atoms with van der Waals surface area (Å²) in [5.74, 6) is -1.55. The Morgan fingerprint density at radius 2 is 1.70 bits per heavy atom. The van der Waals surface area contributed by atoms with E-state index in [1.165, 1.54) is 15.9 Å². The van der Waals surface area contributed by atoms with Gasteiger partial charge in [0.05, 0.1) is 6.61 Å². The lowest BCUT2D eigenvalue weighted by Gasteiger charge is -2.35. The Hall–Kier alpha value is -4.22. The molecule has 2 N–H and O–H groups in total. The van der Waals surface area contributed by atoms with Crippen LogP contribution in [0.25, 0.3) is 11.4 Å². The maximum atomic E-state index is 13.4. The molecule has 1 aromatic heterocycles. The van der Waals surface area contributed by atoms with E-state index in [9.17, 15) is 24.3 Å². The first-order valence-corrected chi connectivity index (χ1v) is 13.7. The number of nitrogens with zero attached hydrogens (tertiary/aromatic N) is 4. The van der Waals surface area contributed by atoms with Crippen molar-refractivity contribution in [3.63, 3.8) is 0 Å². The van der Waals surface area contributed by atoms with E-state index in [-0.39, 0.29) is 63.3 Å². The van der Waals surface area contributed by atoms with Gasteiger partial charge in [0.25, 0.3) is 5.91 Å². The Morgan fingerprint density at radius 3 is 2.35 bits per heavy atom. The average Bonchev–Trinajstić information content (AvgIpc) is 3.48. The van der Waals surface area contributed by atoms with Crippen LogP contribution in [0.15, 0.2) is 36.4 Å². The van der Waals surface area contributed by atoms with E-state index < -0.39 is 29.9 Å². The number of rotatable bonds is 10. The SMILES string of the molecule is CCOC(=O)N1CCN(C(=O)C(CCC(=O)O)NC(=O)c2cc(OC3CCCC3)nc(-c3ccccc3)n2)CC1. The molecule has 12 nitrogen and oxygen atoms in total. The minimum absolute atomic E-state index is 0.00704. The normalized spacial score (nSPS) is 16.3. The molecule has 1 aliphatic heterocycles. The molecule has 1 unspecified atom stereocenters. The standard InChI is InChI=1S/C28H35N5O7/c1-2-39-28(38)33-16-14-32(15-17-33)27(37)21(12-13-24(34)35)30-26(36)22-18-23(40-20-10-6-7-11-20)31-25(29-22)19-8-4-3-5-9-19/h3-5,8-9,18,20-21H,2,6-7,10-17H2,1H3,(H,30,36)(H,34,35). The minimum atomic E-state index is -1.09. The summed E-state index contributed by atoms with van der Waals surface area (Å²) in [6.07, 6.45) is 3.09. The summed E-state index contributed by atoms with van der Waals surface area (Å²) >= 11 is 0. The molecule has 1 saturated heterocycles. The van der Waals surface area contributed by atoms with Gasteiger partial charge in [-0.1, -0.05) is 30.3 Å². The second-order valence-electron chi connectivity index (χ2n) is 9.78. The van der Waals surface area contributed by atoms with Crippen molar-refractivity contribution < 1.29 is 33.8 Å². The summed E-state index contributed by atoms with van der Waals surface area (Å²) < 4.78 is 11.1. The van der Waals surface area contributed by atoms with Gasteiger partial charge in [-0.15, -0.1) is 0 Å². The molecule has 214 valence electrons. The van der Waals surface area contributed by atoms with Crippen LogP contribution in [0.2, 0.25) is 0 Å². The fraction of sp³-hybridized carbons (Fsp3) is 0.500. The summed E-state index contributed by atoms with van der Waals surface area (Å²) in [5, 5.41) is 11.9. The van der Waals surface area contributed by atoms with Crippen LogP contribution < -0.4 is 10.1 Å². The quantitative estimate of drug-likeness (QED) is 0.452. The second-order valence-corrected chi connectivity index (χ2v) is 9.78. The number of aromatic nitrogens is 2.